The van der Waals surface area contributed by atoms with Gasteiger partial charge < -0.3 is 9.42 Å². The van der Waals surface area contributed by atoms with E-state index >= 15 is 0 Å². The molecule has 1 atom stereocenters. The summed E-state index contributed by atoms with van der Waals surface area (Å²) in [4.78, 5) is 27.6. The maximum absolute atomic E-state index is 12.4. The third-order valence-electron chi connectivity index (χ3n) is 4.28. The number of carbonyl (C=O) groups is 1. The van der Waals surface area contributed by atoms with Gasteiger partial charge >= 0.3 is 0 Å². The van der Waals surface area contributed by atoms with Crippen LogP contribution in [0.4, 0.5) is 0 Å². The molecule has 2 aromatic rings. The molecule has 1 fully saturated rings. The van der Waals surface area contributed by atoms with Crippen molar-refractivity contribution in [2.24, 2.45) is 0 Å². The van der Waals surface area contributed by atoms with Crippen molar-refractivity contribution >= 4 is 5.91 Å². The molecule has 1 aliphatic heterocycles. The minimum Gasteiger partial charge on any atom is -0.342 e. The van der Waals surface area contributed by atoms with E-state index in [2.05, 4.69) is 20.1 Å². The molecular formula is C17H23N5O2. The number of rotatable bonds is 5. The number of nitrogens with zero attached hydrogens (tertiary/aromatic N) is 5. The van der Waals surface area contributed by atoms with Gasteiger partial charge in [0.1, 0.15) is 5.82 Å². The van der Waals surface area contributed by atoms with E-state index in [1.807, 2.05) is 31.7 Å². The predicted octanol–water partition coefficient (Wildman–Crippen LogP) is 1.99. The summed E-state index contributed by atoms with van der Waals surface area (Å²) >= 11 is 0. The molecule has 0 saturated carbocycles. The van der Waals surface area contributed by atoms with E-state index in [1.54, 1.807) is 0 Å². The summed E-state index contributed by atoms with van der Waals surface area (Å²) in [6.45, 7) is 7.37. The molecule has 1 unspecified atom stereocenters. The predicted molar refractivity (Wildman–Crippen MR) is 87.4 cm³/mol. The molecule has 7 heteroatoms. The van der Waals surface area contributed by atoms with Gasteiger partial charge in [0.05, 0.1) is 0 Å². The Morgan fingerprint density at radius 2 is 2.04 bits per heavy atom. The van der Waals surface area contributed by atoms with Crippen molar-refractivity contribution in [3.63, 3.8) is 0 Å². The zero-order valence-corrected chi connectivity index (χ0v) is 14.4. The van der Waals surface area contributed by atoms with Crippen LogP contribution in [-0.4, -0.2) is 44.0 Å². The van der Waals surface area contributed by atoms with Crippen molar-refractivity contribution in [2.45, 2.75) is 52.4 Å². The zero-order chi connectivity index (χ0) is 17.1. The van der Waals surface area contributed by atoms with Gasteiger partial charge in [0, 0.05) is 49.7 Å². The molecule has 0 N–H and O–H groups in total. The third kappa shape index (κ3) is 3.77. The van der Waals surface area contributed by atoms with Gasteiger partial charge in [0.15, 0.2) is 5.82 Å². The van der Waals surface area contributed by atoms with Crippen LogP contribution in [0.15, 0.2) is 10.6 Å². The lowest BCUT2D eigenvalue weighted by molar-refractivity contribution is -0.130. The Morgan fingerprint density at radius 3 is 2.71 bits per heavy atom. The number of carbonyl (C=O) groups excluding carboxylic acids is 1. The average molecular weight is 329 g/mol. The zero-order valence-electron chi connectivity index (χ0n) is 14.4. The Bertz CT molecular complexity index is 707. The topological polar surface area (TPSA) is 85.0 Å². The molecule has 7 nitrogen and oxygen atoms in total. The highest BCUT2D eigenvalue weighted by molar-refractivity contribution is 5.76. The van der Waals surface area contributed by atoms with E-state index in [9.17, 15) is 4.79 Å². The highest BCUT2D eigenvalue weighted by Gasteiger charge is 2.29. The highest BCUT2D eigenvalue weighted by atomic mass is 16.5. The quantitative estimate of drug-likeness (QED) is 0.834. The first-order valence-corrected chi connectivity index (χ1v) is 8.46. The second kappa shape index (κ2) is 7.07. The van der Waals surface area contributed by atoms with Crippen molar-refractivity contribution < 1.29 is 9.32 Å². The second-order valence-corrected chi connectivity index (χ2v) is 6.29. The number of amides is 1. The van der Waals surface area contributed by atoms with Gasteiger partial charge in [-0.05, 0) is 26.3 Å². The maximum atomic E-state index is 12.4. The van der Waals surface area contributed by atoms with Gasteiger partial charge in [-0.15, -0.1) is 0 Å². The monoisotopic (exact) mass is 329 g/mol. The van der Waals surface area contributed by atoms with Crippen molar-refractivity contribution in [2.75, 3.05) is 13.1 Å². The molecule has 2 aromatic heterocycles. The minimum absolute atomic E-state index is 0.123. The van der Waals surface area contributed by atoms with Gasteiger partial charge in [-0.1, -0.05) is 12.1 Å². The van der Waals surface area contributed by atoms with Crippen LogP contribution < -0.4 is 0 Å². The van der Waals surface area contributed by atoms with Crippen LogP contribution in [0.3, 0.4) is 0 Å². The third-order valence-corrected chi connectivity index (χ3v) is 4.28. The molecule has 0 spiro atoms. The number of likely N-dealkylation sites (tertiary alicyclic amines) is 1. The van der Waals surface area contributed by atoms with Crippen LogP contribution in [0.1, 0.15) is 54.6 Å². The molecule has 1 saturated heterocycles. The van der Waals surface area contributed by atoms with E-state index in [1.165, 1.54) is 0 Å². The van der Waals surface area contributed by atoms with Crippen molar-refractivity contribution in [1.82, 2.24) is 25.0 Å². The van der Waals surface area contributed by atoms with Crippen LogP contribution in [0.5, 0.6) is 0 Å². The lowest BCUT2D eigenvalue weighted by atomic mass is 10.1. The molecular weight excluding hydrogens is 306 g/mol. The van der Waals surface area contributed by atoms with Crippen LogP contribution in [0.2, 0.25) is 0 Å². The summed E-state index contributed by atoms with van der Waals surface area (Å²) in [5.41, 5.74) is 1.95. The van der Waals surface area contributed by atoms with Crippen molar-refractivity contribution in [3.8, 4) is 0 Å². The lowest BCUT2D eigenvalue weighted by Gasteiger charge is -2.16. The van der Waals surface area contributed by atoms with E-state index in [4.69, 9.17) is 4.52 Å². The number of aromatic nitrogens is 4. The Kier molecular flexibility index (Phi) is 4.87. The minimum atomic E-state index is 0.123. The summed E-state index contributed by atoms with van der Waals surface area (Å²) in [6.07, 6.45) is 2.54. The largest absolute Gasteiger partial charge is 0.342 e. The SMILES string of the molecule is CCc1noc(CCC(=O)N2CCC(c3nc(C)cc(C)n3)C2)n1. The first-order chi connectivity index (χ1) is 11.5. The van der Waals surface area contributed by atoms with E-state index in [0.717, 1.165) is 36.6 Å². The fourth-order valence-electron chi connectivity index (χ4n) is 3.04. The molecule has 0 aliphatic carbocycles. The first kappa shape index (κ1) is 16.5. The van der Waals surface area contributed by atoms with E-state index in [-0.39, 0.29) is 11.8 Å². The molecule has 1 aliphatic rings. The van der Waals surface area contributed by atoms with Gasteiger partial charge in [-0.3, -0.25) is 4.79 Å². The number of aryl methyl sites for hydroxylation is 4. The smallest absolute Gasteiger partial charge is 0.227 e. The molecule has 1 amide bonds. The molecule has 0 radical (unpaired) electrons. The molecule has 3 heterocycles. The summed E-state index contributed by atoms with van der Waals surface area (Å²) in [6, 6.07) is 1.97. The van der Waals surface area contributed by atoms with E-state index in [0.29, 0.717) is 31.1 Å². The van der Waals surface area contributed by atoms with Crippen LogP contribution in [-0.2, 0) is 17.6 Å². The molecule has 0 aromatic carbocycles. The Labute approximate surface area is 141 Å². The first-order valence-electron chi connectivity index (χ1n) is 8.46. The van der Waals surface area contributed by atoms with Gasteiger partial charge in [0.25, 0.3) is 0 Å². The standard InChI is InChI=1S/C17H23N5O2/c1-4-14-20-15(24-21-14)5-6-16(23)22-8-7-13(10-22)17-18-11(2)9-12(3)19-17/h9,13H,4-8,10H2,1-3H3. The lowest BCUT2D eigenvalue weighted by Crippen LogP contribution is -2.28. The van der Waals surface area contributed by atoms with Gasteiger partial charge in [-0.25, -0.2) is 9.97 Å². The molecule has 0 bridgehead atoms. The average Bonchev–Trinajstić information content (AvgIpc) is 3.21. The van der Waals surface area contributed by atoms with Crippen molar-refractivity contribution in [1.29, 1.82) is 0 Å². The summed E-state index contributed by atoms with van der Waals surface area (Å²) in [5.74, 6) is 2.42. The maximum Gasteiger partial charge on any atom is 0.227 e. The molecule has 24 heavy (non-hydrogen) atoms. The fraction of sp³-hybridized carbons (Fsp3) is 0.588. The van der Waals surface area contributed by atoms with Crippen LogP contribution in [0.25, 0.3) is 0 Å². The molecule has 3 rings (SSSR count). The number of hydrogen-bond donors (Lipinski definition) is 0. The second-order valence-electron chi connectivity index (χ2n) is 6.29. The molecule has 128 valence electrons. The Hall–Kier alpha value is -2.31. The normalized spacial score (nSPS) is 17.5. The van der Waals surface area contributed by atoms with E-state index < -0.39 is 0 Å². The highest BCUT2D eigenvalue weighted by Crippen LogP contribution is 2.25. The van der Waals surface area contributed by atoms with Gasteiger partial charge in [0.2, 0.25) is 11.8 Å². The summed E-state index contributed by atoms with van der Waals surface area (Å²) in [7, 11) is 0. The number of hydrogen-bond acceptors (Lipinski definition) is 6. The van der Waals surface area contributed by atoms with Crippen LogP contribution in [0, 0.1) is 13.8 Å². The summed E-state index contributed by atoms with van der Waals surface area (Å²) in [5, 5.41) is 3.85. The van der Waals surface area contributed by atoms with Crippen molar-refractivity contribution in [3.05, 3.63) is 35.0 Å². The Morgan fingerprint density at radius 1 is 1.29 bits per heavy atom. The van der Waals surface area contributed by atoms with Gasteiger partial charge in [-0.2, -0.15) is 4.98 Å². The fourth-order valence-corrected chi connectivity index (χ4v) is 3.04. The van der Waals surface area contributed by atoms with Crippen LogP contribution >= 0.6 is 0 Å². The Balaban J connectivity index is 1.55. The summed E-state index contributed by atoms with van der Waals surface area (Å²) < 4.78 is 5.13.